The van der Waals surface area contributed by atoms with Crippen LogP contribution >= 0.6 is 31.9 Å². The fraction of sp³-hybridized carbons (Fsp3) is 0.214. The second-order valence-electron chi connectivity index (χ2n) is 4.24. The predicted octanol–water partition coefficient (Wildman–Crippen LogP) is 4.44. The molecule has 0 spiro atoms. The number of nitrogens with zero attached hydrogens (tertiary/aromatic N) is 3. The summed E-state index contributed by atoms with van der Waals surface area (Å²) < 4.78 is 1.63. The van der Waals surface area contributed by atoms with Crippen LogP contribution in [0.2, 0.25) is 0 Å². The van der Waals surface area contributed by atoms with E-state index in [1.54, 1.807) is 6.07 Å². The number of nitriles is 1. The Morgan fingerprint density at radius 3 is 2.71 bits per heavy atom. The lowest BCUT2D eigenvalue weighted by atomic mass is 10.2. The van der Waals surface area contributed by atoms with Crippen LogP contribution in [0.5, 0.6) is 0 Å². The van der Waals surface area contributed by atoms with Crippen molar-refractivity contribution in [1.82, 2.24) is 9.97 Å². The van der Waals surface area contributed by atoms with Crippen LogP contribution in [0, 0.1) is 11.3 Å². The van der Waals surface area contributed by atoms with Gasteiger partial charge in [0.05, 0.1) is 11.3 Å². The van der Waals surface area contributed by atoms with E-state index in [4.69, 9.17) is 5.26 Å². The lowest BCUT2D eigenvalue weighted by Gasteiger charge is -2.12. The van der Waals surface area contributed by atoms with E-state index >= 15 is 0 Å². The molecule has 1 heterocycles. The molecule has 0 atom stereocenters. The van der Waals surface area contributed by atoms with Crippen LogP contribution in [0.1, 0.15) is 18.9 Å². The molecule has 1 aromatic carbocycles. The van der Waals surface area contributed by atoms with Gasteiger partial charge in [-0.3, -0.25) is 0 Å². The number of benzene rings is 1. The van der Waals surface area contributed by atoms with Crippen molar-refractivity contribution in [3.8, 4) is 6.07 Å². The largest absolute Gasteiger partial charge is 0.369 e. The Labute approximate surface area is 140 Å². The summed E-state index contributed by atoms with van der Waals surface area (Å²) in [7, 11) is 0. The summed E-state index contributed by atoms with van der Waals surface area (Å²) in [6.45, 7) is 2.91. The van der Waals surface area contributed by atoms with Gasteiger partial charge in [-0.2, -0.15) is 5.26 Å². The normalized spacial score (nSPS) is 10.0. The maximum atomic E-state index is 9.17. The summed E-state index contributed by atoms with van der Waals surface area (Å²) in [6, 6.07) is 7.57. The molecule has 2 N–H and O–H groups in total. The van der Waals surface area contributed by atoms with E-state index < -0.39 is 0 Å². The summed E-state index contributed by atoms with van der Waals surface area (Å²) in [6.07, 6.45) is 2.48. The lowest BCUT2D eigenvalue weighted by Crippen LogP contribution is -2.05. The van der Waals surface area contributed by atoms with Crippen LogP contribution in [0.3, 0.4) is 0 Å². The van der Waals surface area contributed by atoms with E-state index in [0.717, 1.165) is 27.7 Å². The van der Waals surface area contributed by atoms with Gasteiger partial charge in [0.15, 0.2) is 0 Å². The molecule has 0 saturated heterocycles. The summed E-state index contributed by atoms with van der Waals surface area (Å²) in [5.41, 5.74) is 1.24. The molecule has 0 unspecified atom stereocenters. The Morgan fingerprint density at radius 1 is 1.24 bits per heavy atom. The van der Waals surface area contributed by atoms with Gasteiger partial charge in [0, 0.05) is 11.0 Å². The van der Waals surface area contributed by atoms with E-state index in [1.165, 1.54) is 6.33 Å². The highest BCUT2D eigenvalue weighted by molar-refractivity contribution is 9.11. The molecule has 7 heteroatoms. The molecule has 108 valence electrons. The third-order valence-corrected chi connectivity index (χ3v) is 3.93. The van der Waals surface area contributed by atoms with Gasteiger partial charge in [0.25, 0.3) is 0 Å². The average Bonchev–Trinajstić information content (AvgIpc) is 2.48. The highest BCUT2D eigenvalue weighted by Crippen LogP contribution is 2.31. The third kappa shape index (κ3) is 3.93. The van der Waals surface area contributed by atoms with Crippen molar-refractivity contribution in [3.63, 3.8) is 0 Å². The minimum atomic E-state index is 0.548. The first-order chi connectivity index (χ1) is 10.2. The topological polar surface area (TPSA) is 73.6 Å². The smallest absolute Gasteiger partial charge is 0.150 e. The van der Waals surface area contributed by atoms with Crippen LogP contribution in [-0.2, 0) is 0 Å². The van der Waals surface area contributed by atoms with Crippen LogP contribution < -0.4 is 10.6 Å². The summed E-state index contributed by atoms with van der Waals surface area (Å²) in [5.74, 6) is 1.33. The molecule has 0 saturated carbocycles. The van der Waals surface area contributed by atoms with Crippen molar-refractivity contribution in [2.24, 2.45) is 0 Å². The van der Waals surface area contributed by atoms with Crippen molar-refractivity contribution in [2.45, 2.75) is 13.3 Å². The van der Waals surface area contributed by atoms with Gasteiger partial charge in [-0.1, -0.05) is 22.9 Å². The highest BCUT2D eigenvalue weighted by atomic mass is 79.9. The van der Waals surface area contributed by atoms with Crippen molar-refractivity contribution in [2.75, 3.05) is 17.2 Å². The van der Waals surface area contributed by atoms with E-state index in [9.17, 15) is 0 Å². The van der Waals surface area contributed by atoms with Gasteiger partial charge >= 0.3 is 0 Å². The van der Waals surface area contributed by atoms with Gasteiger partial charge in [-0.25, -0.2) is 9.97 Å². The number of halogens is 2. The standard InChI is InChI=1S/C14H13Br2N5/c1-2-5-18-13-12(16)14(20-8-19-13)21-11-6-10(15)4-3-9(11)7-17/h3-4,6,8H,2,5H2,1H3,(H2,18,19,20,21). The van der Waals surface area contributed by atoms with E-state index in [-0.39, 0.29) is 0 Å². The fourth-order valence-corrected chi connectivity index (χ4v) is 2.47. The molecular formula is C14H13Br2N5. The van der Waals surface area contributed by atoms with Crippen LogP contribution in [-0.4, -0.2) is 16.5 Å². The molecule has 0 aliphatic heterocycles. The van der Waals surface area contributed by atoms with Crippen molar-refractivity contribution < 1.29 is 0 Å². The molecule has 0 amide bonds. The SMILES string of the molecule is CCCNc1ncnc(Nc2cc(Br)ccc2C#N)c1Br. The fourth-order valence-electron chi connectivity index (χ4n) is 1.67. The average molecular weight is 411 g/mol. The summed E-state index contributed by atoms with van der Waals surface area (Å²) in [5, 5.41) is 15.5. The second kappa shape index (κ2) is 7.38. The zero-order valence-corrected chi connectivity index (χ0v) is 14.5. The van der Waals surface area contributed by atoms with E-state index in [2.05, 4.69) is 65.5 Å². The van der Waals surface area contributed by atoms with Gasteiger partial charge < -0.3 is 10.6 Å². The maximum absolute atomic E-state index is 9.17. The van der Waals surface area contributed by atoms with Crippen molar-refractivity contribution in [3.05, 3.63) is 39.0 Å². The molecule has 5 nitrogen and oxygen atoms in total. The lowest BCUT2D eigenvalue weighted by molar-refractivity contribution is 0.962. The zero-order valence-electron chi connectivity index (χ0n) is 11.3. The molecule has 2 aromatic rings. The molecule has 0 radical (unpaired) electrons. The molecule has 0 aliphatic rings. The van der Waals surface area contributed by atoms with Crippen LogP contribution in [0.4, 0.5) is 17.3 Å². The van der Waals surface area contributed by atoms with Gasteiger partial charge in [0.1, 0.15) is 28.5 Å². The number of anilines is 3. The Hall–Kier alpha value is -1.65. The zero-order chi connectivity index (χ0) is 15.2. The van der Waals surface area contributed by atoms with E-state index in [1.807, 2.05) is 12.1 Å². The van der Waals surface area contributed by atoms with Gasteiger partial charge in [-0.15, -0.1) is 0 Å². The quantitative estimate of drug-likeness (QED) is 0.762. The van der Waals surface area contributed by atoms with E-state index in [0.29, 0.717) is 17.1 Å². The van der Waals surface area contributed by atoms with Gasteiger partial charge in [0.2, 0.25) is 0 Å². The van der Waals surface area contributed by atoms with Crippen LogP contribution in [0.25, 0.3) is 0 Å². The van der Waals surface area contributed by atoms with Gasteiger partial charge in [-0.05, 0) is 40.5 Å². The molecule has 0 aliphatic carbocycles. The molecule has 0 fully saturated rings. The maximum Gasteiger partial charge on any atom is 0.150 e. The van der Waals surface area contributed by atoms with Crippen molar-refractivity contribution >= 4 is 49.2 Å². The molecule has 21 heavy (non-hydrogen) atoms. The predicted molar refractivity (Wildman–Crippen MR) is 90.7 cm³/mol. The summed E-state index contributed by atoms with van der Waals surface area (Å²) >= 11 is 6.89. The molecule has 0 bridgehead atoms. The minimum Gasteiger partial charge on any atom is -0.369 e. The minimum absolute atomic E-state index is 0.548. The Kier molecular flexibility index (Phi) is 5.53. The monoisotopic (exact) mass is 409 g/mol. The van der Waals surface area contributed by atoms with Crippen LogP contribution in [0.15, 0.2) is 33.5 Å². The van der Waals surface area contributed by atoms with Crippen molar-refractivity contribution in [1.29, 1.82) is 5.26 Å². The molecular weight excluding hydrogens is 398 g/mol. The second-order valence-corrected chi connectivity index (χ2v) is 5.95. The number of nitrogens with one attached hydrogen (secondary N) is 2. The first-order valence-electron chi connectivity index (χ1n) is 6.36. The number of hydrogen-bond donors (Lipinski definition) is 2. The Balaban J connectivity index is 2.32. The number of hydrogen-bond acceptors (Lipinski definition) is 5. The number of aromatic nitrogens is 2. The highest BCUT2D eigenvalue weighted by Gasteiger charge is 2.10. The Bertz CT molecular complexity index is 682. The first kappa shape index (κ1) is 15.7. The summed E-state index contributed by atoms with van der Waals surface area (Å²) in [4.78, 5) is 8.41. The Morgan fingerprint density at radius 2 is 2.00 bits per heavy atom. The molecule has 1 aromatic heterocycles. The number of rotatable bonds is 5. The third-order valence-electron chi connectivity index (χ3n) is 2.69. The first-order valence-corrected chi connectivity index (χ1v) is 7.95. The molecule has 2 rings (SSSR count).